The molecule has 0 unspecified atom stereocenters. The Kier molecular flexibility index (Phi) is 7.02. The molecule has 0 bridgehead atoms. The summed E-state index contributed by atoms with van der Waals surface area (Å²) in [6.07, 6.45) is 7.63. The number of hydrogen-bond acceptors (Lipinski definition) is 5. The number of urea groups is 1. The number of imide groups is 1. The maximum absolute atomic E-state index is 13.1. The van der Waals surface area contributed by atoms with Crippen molar-refractivity contribution in [3.05, 3.63) is 0 Å². The molecular formula is C23H37N5O4. The van der Waals surface area contributed by atoms with Crippen molar-refractivity contribution >= 4 is 23.8 Å². The van der Waals surface area contributed by atoms with E-state index >= 15 is 0 Å². The Morgan fingerprint density at radius 1 is 0.875 bits per heavy atom. The van der Waals surface area contributed by atoms with Crippen molar-refractivity contribution < 1.29 is 19.2 Å². The van der Waals surface area contributed by atoms with Gasteiger partial charge in [-0.25, -0.2) is 4.79 Å². The van der Waals surface area contributed by atoms with Crippen molar-refractivity contribution in [2.75, 3.05) is 52.4 Å². The number of hydrogen-bond donors (Lipinski definition) is 1. The summed E-state index contributed by atoms with van der Waals surface area (Å²) >= 11 is 0. The maximum atomic E-state index is 13.1. The van der Waals surface area contributed by atoms with Crippen LogP contribution in [-0.4, -0.2) is 101 Å². The zero-order chi connectivity index (χ0) is 22.7. The van der Waals surface area contributed by atoms with Crippen molar-refractivity contribution in [3.8, 4) is 0 Å². The van der Waals surface area contributed by atoms with Crippen LogP contribution in [0.4, 0.5) is 4.79 Å². The second kappa shape index (κ2) is 9.77. The highest BCUT2D eigenvalue weighted by Crippen LogP contribution is 2.37. The molecule has 0 radical (unpaired) electrons. The van der Waals surface area contributed by atoms with Gasteiger partial charge in [0.15, 0.2) is 0 Å². The first-order valence-electron chi connectivity index (χ1n) is 12.3. The highest BCUT2D eigenvalue weighted by atomic mass is 16.2. The molecule has 1 saturated carbocycles. The lowest BCUT2D eigenvalue weighted by molar-refractivity contribution is -0.141. The van der Waals surface area contributed by atoms with Crippen molar-refractivity contribution in [2.24, 2.45) is 5.92 Å². The Bertz CT molecular complexity index is 735. The van der Waals surface area contributed by atoms with Gasteiger partial charge in [-0.1, -0.05) is 13.3 Å². The van der Waals surface area contributed by atoms with Gasteiger partial charge in [0.1, 0.15) is 12.1 Å². The number of carbonyl (C=O) groups is 4. The molecule has 178 valence electrons. The number of nitrogens with zero attached hydrogens (tertiary/aromatic N) is 4. The molecular weight excluding hydrogens is 410 g/mol. The lowest BCUT2D eigenvalue weighted by Crippen LogP contribution is -2.54. The molecule has 0 aromatic carbocycles. The zero-order valence-electron chi connectivity index (χ0n) is 19.3. The molecule has 9 nitrogen and oxygen atoms in total. The largest absolute Gasteiger partial charge is 0.342 e. The van der Waals surface area contributed by atoms with Crippen LogP contribution in [0.2, 0.25) is 0 Å². The number of piperazine rings is 1. The average molecular weight is 448 g/mol. The van der Waals surface area contributed by atoms with Gasteiger partial charge >= 0.3 is 6.03 Å². The molecule has 1 aliphatic carbocycles. The fourth-order valence-corrected chi connectivity index (χ4v) is 5.56. The quantitative estimate of drug-likeness (QED) is 0.636. The Morgan fingerprint density at radius 3 is 2.09 bits per heavy atom. The molecule has 0 atom stereocenters. The Morgan fingerprint density at radius 2 is 1.47 bits per heavy atom. The Hall–Kier alpha value is -2.16. The van der Waals surface area contributed by atoms with E-state index in [0.717, 1.165) is 50.1 Å². The van der Waals surface area contributed by atoms with Crippen LogP contribution in [0.25, 0.3) is 0 Å². The van der Waals surface area contributed by atoms with Gasteiger partial charge in [-0.05, 0) is 50.9 Å². The van der Waals surface area contributed by atoms with Crippen LogP contribution < -0.4 is 5.32 Å². The van der Waals surface area contributed by atoms with Crippen molar-refractivity contribution in [1.82, 2.24) is 24.9 Å². The van der Waals surface area contributed by atoms with E-state index in [-0.39, 0.29) is 24.3 Å². The molecule has 4 rings (SSSR count). The summed E-state index contributed by atoms with van der Waals surface area (Å²) in [7, 11) is 0. The second-order valence-electron chi connectivity index (χ2n) is 9.85. The van der Waals surface area contributed by atoms with E-state index in [9.17, 15) is 19.2 Å². The van der Waals surface area contributed by atoms with Crippen molar-refractivity contribution in [3.63, 3.8) is 0 Å². The smallest absolute Gasteiger partial charge is 0.325 e. The number of carbonyl (C=O) groups excluding carboxylic acids is 4. The Labute approximate surface area is 190 Å². The first-order chi connectivity index (χ1) is 15.4. The number of likely N-dealkylation sites (tertiary alicyclic amines) is 1. The lowest BCUT2D eigenvalue weighted by atomic mass is 9.75. The monoisotopic (exact) mass is 447 g/mol. The fraction of sp³-hybridized carbons (Fsp3) is 0.826. The van der Waals surface area contributed by atoms with Gasteiger partial charge in [-0.3, -0.25) is 24.2 Å². The highest BCUT2D eigenvalue weighted by Gasteiger charge is 2.52. The summed E-state index contributed by atoms with van der Waals surface area (Å²) in [4.78, 5) is 57.8. The fourth-order valence-electron chi connectivity index (χ4n) is 5.56. The van der Waals surface area contributed by atoms with Gasteiger partial charge < -0.3 is 15.1 Å². The van der Waals surface area contributed by atoms with Gasteiger partial charge in [0, 0.05) is 39.3 Å². The molecule has 4 aliphatic rings. The van der Waals surface area contributed by atoms with Crippen molar-refractivity contribution in [1.29, 1.82) is 0 Å². The van der Waals surface area contributed by atoms with Gasteiger partial charge in [0.25, 0.3) is 5.91 Å². The molecule has 1 N–H and O–H groups in total. The van der Waals surface area contributed by atoms with Crippen molar-refractivity contribution in [2.45, 2.75) is 63.8 Å². The molecule has 0 aromatic heterocycles. The second-order valence-corrected chi connectivity index (χ2v) is 9.85. The Balaban J connectivity index is 1.24. The van der Waals surface area contributed by atoms with Crippen LogP contribution in [-0.2, 0) is 14.4 Å². The summed E-state index contributed by atoms with van der Waals surface area (Å²) in [6, 6.07) is -0.441. The number of nitrogens with one attached hydrogen (secondary N) is 1. The van der Waals surface area contributed by atoms with Gasteiger partial charge in [-0.2, -0.15) is 0 Å². The molecule has 3 aliphatic heterocycles. The minimum Gasteiger partial charge on any atom is -0.342 e. The van der Waals surface area contributed by atoms with Gasteiger partial charge in [0.05, 0.1) is 6.54 Å². The average Bonchev–Trinajstić information content (AvgIpc) is 3.04. The van der Waals surface area contributed by atoms with E-state index in [1.54, 1.807) is 4.90 Å². The van der Waals surface area contributed by atoms with Crippen LogP contribution in [0, 0.1) is 5.92 Å². The van der Waals surface area contributed by atoms with E-state index in [2.05, 4.69) is 17.1 Å². The molecule has 32 heavy (non-hydrogen) atoms. The van der Waals surface area contributed by atoms with E-state index in [4.69, 9.17) is 0 Å². The summed E-state index contributed by atoms with van der Waals surface area (Å²) in [5.41, 5.74) is -0.809. The topological polar surface area (TPSA) is 93.3 Å². The number of amides is 5. The first-order valence-corrected chi connectivity index (χ1v) is 12.3. The molecule has 1 spiro atoms. The van der Waals surface area contributed by atoms with Gasteiger partial charge in [0.2, 0.25) is 11.8 Å². The predicted octanol–water partition coefficient (Wildman–Crippen LogP) is 1.03. The van der Waals surface area contributed by atoms with Crippen LogP contribution in [0.15, 0.2) is 0 Å². The normalized spacial score (nSPS) is 29.5. The van der Waals surface area contributed by atoms with E-state index in [0.29, 0.717) is 51.5 Å². The minimum absolute atomic E-state index is 0.173. The van der Waals surface area contributed by atoms with Crippen LogP contribution in [0.1, 0.15) is 58.3 Å². The van der Waals surface area contributed by atoms with E-state index in [1.807, 2.05) is 4.90 Å². The first kappa shape index (κ1) is 23.0. The summed E-state index contributed by atoms with van der Waals surface area (Å²) in [6.45, 7) is 6.35. The van der Waals surface area contributed by atoms with Crippen LogP contribution in [0.5, 0.6) is 0 Å². The molecule has 9 heteroatoms. The number of piperidine rings is 1. The highest BCUT2D eigenvalue weighted by molar-refractivity contribution is 6.09. The molecule has 0 aromatic rings. The van der Waals surface area contributed by atoms with E-state index < -0.39 is 11.6 Å². The summed E-state index contributed by atoms with van der Waals surface area (Å²) in [5.74, 6) is 0.344. The third-order valence-corrected chi connectivity index (χ3v) is 7.87. The summed E-state index contributed by atoms with van der Waals surface area (Å²) < 4.78 is 0. The zero-order valence-corrected chi connectivity index (χ0v) is 19.3. The number of rotatable bonds is 5. The SMILES string of the molecule is CCC1CCC2(CC1)NC(=O)N(CC(=O)N1CCN(CC(=O)N3CCCCC3)CC1)C2=O. The predicted molar refractivity (Wildman–Crippen MR) is 119 cm³/mol. The maximum Gasteiger partial charge on any atom is 0.325 e. The summed E-state index contributed by atoms with van der Waals surface area (Å²) in [5, 5.41) is 2.90. The van der Waals surface area contributed by atoms with Crippen LogP contribution in [0.3, 0.4) is 0 Å². The molecule has 3 heterocycles. The molecule has 3 saturated heterocycles. The van der Waals surface area contributed by atoms with E-state index in [1.165, 1.54) is 6.42 Å². The third-order valence-electron chi connectivity index (χ3n) is 7.87. The molecule has 5 amide bonds. The van der Waals surface area contributed by atoms with Crippen LogP contribution >= 0.6 is 0 Å². The molecule has 4 fully saturated rings. The standard InChI is InChI=1S/C23H37N5O4/c1-2-18-6-8-23(9-7-18)21(31)28(22(32)24-23)17-20(30)27-14-12-25(13-15-27)16-19(29)26-10-4-3-5-11-26/h18H,2-17H2,1H3,(H,24,32). The van der Waals surface area contributed by atoms with Gasteiger partial charge in [-0.15, -0.1) is 0 Å². The minimum atomic E-state index is -0.809. The lowest BCUT2D eigenvalue weighted by Gasteiger charge is -2.36. The third kappa shape index (κ3) is 4.77.